The molecule has 112 valence electrons. The number of rotatable bonds is 5. The molecule has 0 bridgehead atoms. The van der Waals surface area contributed by atoms with Gasteiger partial charge in [-0.1, -0.05) is 0 Å². The number of alkyl halides is 4. The maximum atomic E-state index is 11.2. The van der Waals surface area contributed by atoms with Gasteiger partial charge in [-0.05, 0) is 31.6 Å². The Morgan fingerprint density at radius 1 is 1.42 bits per heavy atom. The average molecular weight is 305 g/mol. The Kier molecular flexibility index (Phi) is 7.77. The number of carboxylic acid groups (broad SMARTS) is 1. The van der Waals surface area contributed by atoms with E-state index in [9.17, 15) is 18.0 Å². The van der Waals surface area contributed by atoms with Crippen molar-refractivity contribution in [1.82, 2.24) is 5.43 Å². The fourth-order valence-electron chi connectivity index (χ4n) is 1.48. The van der Waals surface area contributed by atoms with Crippen LogP contribution in [0.15, 0.2) is 0 Å². The van der Waals surface area contributed by atoms with Crippen molar-refractivity contribution in [2.45, 2.75) is 31.9 Å². The second kappa shape index (κ2) is 8.21. The van der Waals surface area contributed by atoms with Gasteiger partial charge in [0.15, 0.2) is 0 Å². The third-order valence-electron chi connectivity index (χ3n) is 2.56. The summed E-state index contributed by atoms with van der Waals surface area (Å²) in [6, 6.07) is 0. The van der Waals surface area contributed by atoms with Crippen LogP contribution >= 0.6 is 11.6 Å². The summed E-state index contributed by atoms with van der Waals surface area (Å²) in [7, 11) is 0. The van der Waals surface area contributed by atoms with Gasteiger partial charge in [0.1, 0.15) is 0 Å². The van der Waals surface area contributed by atoms with Gasteiger partial charge in [-0.25, -0.2) is 10.6 Å². The maximum absolute atomic E-state index is 11.2. The van der Waals surface area contributed by atoms with Crippen molar-refractivity contribution in [3.05, 3.63) is 0 Å². The van der Waals surface area contributed by atoms with Gasteiger partial charge in [0.05, 0.1) is 0 Å². The molecule has 19 heavy (non-hydrogen) atoms. The van der Waals surface area contributed by atoms with Crippen LogP contribution in [-0.4, -0.2) is 29.0 Å². The molecule has 0 aliphatic heterocycles. The van der Waals surface area contributed by atoms with Crippen LogP contribution in [0.2, 0.25) is 0 Å². The van der Waals surface area contributed by atoms with Crippen LogP contribution in [0, 0.1) is 11.8 Å². The van der Waals surface area contributed by atoms with Crippen LogP contribution in [0.4, 0.5) is 13.2 Å². The molecule has 1 amide bonds. The first kappa shape index (κ1) is 18.0. The summed E-state index contributed by atoms with van der Waals surface area (Å²) in [5.74, 6) is 3.59. The van der Waals surface area contributed by atoms with E-state index in [0.717, 1.165) is 12.8 Å². The number of aliphatic carboxylic acids is 1. The number of carbonyl (C=O) groups excluding carboxylic acids is 1. The number of amides is 1. The van der Waals surface area contributed by atoms with Crippen LogP contribution in [0.3, 0.4) is 0 Å². The Morgan fingerprint density at radius 3 is 2.16 bits per heavy atom. The summed E-state index contributed by atoms with van der Waals surface area (Å²) in [4.78, 5) is 20.1. The minimum atomic E-state index is -5.08. The zero-order chi connectivity index (χ0) is 15.1. The van der Waals surface area contributed by atoms with Crippen molar-refractivity contribution in [2.24, 2.45) is 17.7 Å². The first-order valence-electron chi connectivity index (χ1n) is 5.60. The van der Waals surface area contributed by atoms with E-state index in [-0.39, 0.29) is 11.8 Å². The first-order valence-corrected chi connectivity index (χ1v) is 6.14. The second-order valence-corrected chi connectivity index (χ2v) is 4.46. The van der Waals surface area contributed by atoms with E-state index in [2.05, 4.69) is 5.43 Å². The quantitative estimate of drug-likeness (QED) is 0.312. The molecule has 5 nitrogen and oxygen atoms in total. The van der Waals surface area contributed by atoms with Gasteiger partial charge in [-0.2, -0.15) is 13.2 Å². The smallest absolute Gasteiger partial charge is 0.475 e. The highest BCUT2D eigenvalue weighted by Gasteiger charge is 2.38. The first-order chi connectivity index (χ1) is 8.73. The zero-order valence-corrected chi connectivity index (χ0v) is 10.8. The van der Waals surface area contributed by atoms with Crippen molar-refractivity contribution in [2.75, 3.05) is 5.88 Å². The zero-order valence-electron chi connectivity index (χ0n) is 10.0. The molecule has 0 radical (unpaired) electrons. The Morgan fingerprint density at radius 2 is 1.89 bits per heavy atom. The Hall–Kier alpha value is -1.02. The summed E-state index contributed by atoms with van der Waals surface area (Å²) >= 11 is 5.56. The van der Waals surface area contributed by atoms with Gasteiger partial charge in [0, 0.05) is 11.8 Å². The largest absolute Gasteiger partial charge is 0.490 e. The van der Waals surface area contributed by atoms with Crippen molar-refractivity contribution in [3.8, 4) is 0 Å². The summed E-state index contributed by atoms with van der Waals surface area (Å²) in [6.07, 6.45) is -0.978. The summed E-state index contributed by atoms with van der Waals surface area (Å²) in [5, 5.41) is 7.12. The highest BCUT2D eigenvalue weighted by Crippen LogP contribution is 2.39. The SMILES string of the molecule is NNC(=O)C(CCCCl)C1CC1.O=C(O)C(F)(F)F. The predicted octanol–water partition coefficient (Wildman–Crippen LogP) is 1.65. The number of nitrogens with one attached hydrogen (secondary N) is 1. The van der Waals surface area contributed by atoms with Gasteiger partial charge in [0.25, 0.3) is 0 Å². The normalized spacial score (nSPS) is 16.1. The van der Waals surface area contributed by atoms with Gasteiger partial charge >= 0.3 is 12.1 Å². The van der Waals surface area contributed by atoms with Gasteiger partial charge < -0.3 is 5.11 Å². The molecule has 0 heterocycles. The Balaban J connectivity index is 0.000000399. The number of halogens is 4. The average Bonchev–Trinajstić information content (AvgIpc) is 3.13. The molecular formula is C10H16ClF3N2O3. The molecule has 1 aliphatic carbocycles. The standard InChI is InChI=1S/C8H15ClN2O.C2HF3O2/c9-5-1-2-7(6-3-4-6)8(12)11-10;3-2(4,5)1(6)7/h6-7H,1-5,10H2,(H,11,12);(H,6,7). The Labute approximate surface area is 113 Å². The summed E-state index contributed by atoms with van der Waals surface area (Å²) in [6.45, 7) is 0. The molecule has 9 heteroatoms. The molecule has 1 rings (SSSR count). The van der Waals surface area contributed by atoms with E-state index >= 15 is 0 Å². The molecule has 0 spiro atoms. The topological polar surface area (TPSA) is 92.4 Å². The van der Waals surface area contributed by atoms with E-state index in [0.29, 0.717) is 11.8 Å². The summed E-state index contributed by atoms with van der Waals surface area (Å²) in [5.41, 5.74) is 2.21. The minimum absolute atomic E-state index is 0.0254. The third-order valence-corrected chi connectivity index (χ3v) is 2.83. The predicted molar refractivity (Wildman–Crippen MR) is 62.2 cm³/mol. The molecule has 1 atom stereocenters. The number of nitrogens with two attached hydrogens (primary N) is 1. The lowest BCUT2D eigenvalue weighted by Crippen LogP contribution is -2.36. The molecule has 0 aromatic carbocycles. The molecule has 1 fully saturated rings. The molecule has 1 aliphatic rings. The lowest BCUT2D eigenvalue weighted by Gasteiger charge is -2.12. The monoisotopic (exact) mass is 304 g/mol. The highest BCUT2D eigenvalue weighted by atomic mass is 35.5. The van der Waals surface area contributed by atoms with E-state index in [1.54, 1.807) is 0 Å². The van der Waals surface area contributed by atoms with E-state index < -0.39 is 12.1 Å². The van der Waals surface area contributed by atoms with Crippen LogP contribution in [0.25, 0.3) is 0 Å². The van der Waals surface area contributed by atoms with Gasteiger partial charge in [-0.15, -0.1) is 11.6 Å². The fraction of sp³-hybridized carbons (Fsp3) is 0.800. The maximum Gasteiger partial charge on any atom is 0.490 e. The third kappa shape index (κ3) is 7.89. The van der Waals surface area contributed by atoms with E-state index in [4.69, 9.17) is 27.3 Å². The van der Waals surface area contributed by atoms with Crippen LogP contribution in [-0.2, 0) is 9.59 Å². The van der Waals surface area contributed by atoms with E-state index in [1.165, 1.54) is 12.8 Å². The van der Waals surface area contributed by atoms with E-state index in [1.807, 2.05) is 0 Å². The van der Waals surface area contributed by atoms with Crippen LogP contribution in [0.1, 0.15) is 25.7 Å². The lowest BCUT2D eigenvalue weighted by atomic mass is 9.97. The molecule has 0 aromatic rings. The van der Waals surface area contributed by atoms with Gasteiger partial charge in [-0.3, -0.25) is 10.2 Å². The second-order valence-electron chi connectivity index (χ2n) is 4.09. The number of carboxylic acids is 1. The highest BCUT2D eigenvalue weighted by molar-refractivity contribution is 6.17. The lowest BCUT2D eigenvalue weighted by molar-refractivity contribution is -0.192. The Bertz CT molecular complexity index is 309. The molecule has 0 aromatic heterocycles. The van der Waals surface area contributed by atoms with Crippen LogP contribution < -0.4 is 11.3 Å². The van der Waals surface area contributed by atoms with Crippen molar-refractivity contribution >= 4 is 23.5 Å². The van der Waals surface area contributed by atoms with Crippen molar-refractivity contribution in [3.63, 3.8) is 0 Å². The van der Waals surface area contributed by atoms with Crippen molar-refractivity contribution in [1.29, 1.82) is 0 Å². The molecule has 1 unspecified atom stereocenters. The number of carbonyl (C=O) groups is 2. The number of hydrazine groups is 1. The van der Waals surface area contributed by atoms with Crippen LogP contribution in [0.5, 0.6) is 0 Å². The number of hydrogen-bond acceptors (Lipinski definition) is 3. The molecule has 4 N–H and O–H groups in total. The molecule has 0 saturated heterocycles. The van der Waals surface area contributed by atoms with Gasteiger partial charge in [0.2, 0.25) is 5.91 Å². The number of hydrogen-bond donors (Lipinski definition) is 3. The minimum Gasteiger partial charge on any atom is -0.475 e. The van der Waals surface area contributed by atoms with Crippen molar-refractivity contribution < 1.29 is 27.9 Å². The summed E-state index contributed by atoms with van der Waals surface area (Å²) < 4.78 is 31.7. The fourth-order valence-corrected chi connectivity index (χ4v) is 1.64. The molecular weight excluding hydrogens is 289 g/mol. The molecule has 1 saturated carbocycles.